The average molecular weight is 418 g/mol. The van der Waals surface area contributed by atoms with Crippen molar-refractivity contribution in [3.63, 3.8) is 0 Å². The third-order valence-corrected chi connectivity index (χ3v) is 5.84. The first-order valence-electron chi connectivity index (χ1n) is 10.4. The van der Waals surface area contributed by atoms with Crippen LogP contribution < -0.4 is 15.4 Å². The Labute approximate surface area is 182 Å². The van der Waals surface area contributed by atoms with Crippen molar-refractivity contribution in [3.8, 4) is 5.75 Å². The number of dihydropyridines is 1. The summed E-state index contributed by atoms with van der Waals surface area (Å²) >= 11 is 0. The number of aromatic nitrogens is 1. The predicted octanol–water partition coefficient (Wildman–Crippen LogP) is 4.33. The zero-order chi connectivity index (χ0) is 22.2. The number of methoxy groups -OCH3 is 1. The van der Waals surface area contributed by atoms with Crippen LogP contribution in [-0.4, -0.2) is 23.8 Å². The molecule has 2 N–H and O–H groups in total. The summed E-state index contributed by atoms with van der Waals surface area (Å²) in [4.78, 5) is 30.9. The second-order valence-electron chi connectivity index (χ2n) is 8.87. The van der Waals surface area contributed by atoms with E-state index >= 15 is 0 Å². The number of ether oxygens (including phenoxy) is 1. The molecule has 1 aromatic carbocycles. The number of hydrogen-bond donors (Lipinski definition) is 2. The minimum Gasteiger partial charge on any atom is -0.497 e. The maximum Gasteiger partial charge on any atom is 0.255 e. The Morgan fingerprint density at radius 2 is 1.90 bits per heavy atom. The Morgan fingerprint density at radius 1 is 1.16 bits per heavy atom. The fourth-order valence-electron chi connectivity index (χ4n) is 4.49. The molecule has 1 atom stereocenters. The van der Waals surface area contributed by atoms with Crippen molar-refractivity contribution in [2.45, 2.75) is 39.5 Å². The smallest absolute Gasteiger partial charge is 0.255 e. The lowest BCUT2D eigenvalue weighted by atomic mass is 9.68. The maximum atomic E-state index is 13.4. The number of nitrogens with one attached hydrogen (secondary N) is 2. The third-order valence-electron chi connectivity index (χ3n) is 5.84. The van der Waals surface area contributed by atoms with E-state index in [1.165, 1.54) is 0 Å². The Bertz CT molecular complexity index is 1080. The van der Waals surface area contributed by atoms with Crippen LogP contribution in [0.25, 0.3) is 0 Å². The van der Waals surface area contributed by atoms with Crippen molar-refractivity contribution in [2.24, 2.45) is 5.41 Å². The van der Waals surface area contributed by atoms with Crippen LogP contribution in [0.3, 0.4) is 0 Å². The maximum absolute atomic E-state index is 13.4. The van der Waals surface area contributed by atoms with Gasteiger partial charge in [0.15, 0.2) is 5.78 Å². The van der Waals surface area contributed by atoms with E-state index in [0.29, 0.717) is 23.4 Å². The Hall–Kier alpha value is -3.41. The van der Waals surface area contributed by atoms with E-state index in [1.54, 1.807) is 25.4 Å². The highest BCUT2D eigenvalue weighted by Gasteiger charge is 2.42. The summed E-state index contributed by atoms with van der Waals surface area (Å²) in [7, 11) is 1.61. The largest absolute Gasteiger partial charge is 0.497 e. The third kappa shape index (κ3) is 4.10. The second kappa shape index (κ2) is 8.02. The van der Waals surface area contributed by atoms with Crippen LogP contribution in [0.1, 0.15) is 45.1 Å². The molecule has 1 aliphatic carbocycles. The summed E-state index contributed by atoms with van der Waals surface area (Å²) in [5.41, 5.74) is 3.63. The number of Topliss-reactive ketones (excluding diaryl/α,β-unsaturated/α-hetero) is 1. The monoisotopic (exact) mass is 417 g/mol. The molecule has 2 aromatic rings. The molecular weight excluding hydrogens is 390 g/mol. The van der Waals surface area contributed by atoms with Crippen LogP contribution in [0.5, 0.6) is 5.75 Å². The van der Waals surface area contributed by atoms with Crippen LogP contribution in [0, 0.1) is 5.41 Å². The number of amides is 1. The lowest BCUT2D eigenvalue weighted by Crippen LogP contribution is -2.39. The zero-order valence-corrected chi connectivity index (χ0v) is 18.3. The van der Waals surface area contributed by atoms with Gasteiger partial charge in [-0.2, -0.15) is 0 Å². The quantitative estimate of drug-likeness (QED) is 0.774. The van der Waals surface area contributed by atoms with Crippen molar-refractivity contribution in [1.82, 2.24) is 10.3 Å². The fourth-order valence-corrected chi connectivity index (χ4v) is 4.49. The van der Waals surface area contributed by atoms with Gasteiger partial charge in [0.1, 0.15) is 11.6 Å². The number of ketones is 1. The number of carbonyl (C=O) groups is 2. The van der Waals surface area contributed by atoms with E-state index in [-0.39, 0.29) is 17.1 Å². The Morgan fingerprint density at radius 3 is 2.55 bits per heavy atom. The molecule has 0 saturated heterocycles. The van der Waals surface area contributed by atoms with E-state index in [0.717, 1.165) is 29.1 Å². The second-order valence-corrected chi connectivity index (χ2v) is 8.87. The van der Waals surface area contributed by atoms with Gasteiger partial charge in [-0.25, -0.2) is 4.98 Å². The Kier molecular flexibility index (Phi) is 5.39. The van der Waals surface area contributed by atoms with Gasteiger partial charge in [0.2, 0.25) is 0 Å². The number of allylic oxidation sites excluding steroid dienone is 3. The van der Waals surface area contributed by atoms with Crippen LogP contribution in [0.2, 0.25) is 0 Å². The summed E-state index contributed by atoms with van der Waals surface area (Å²) in [6, 6.07) is 12.9. The number of carbonyl (C=O) groups excluding carboxylic acids is 2. The number of benzene rings is 1. The fraction of sp³-hybridized carbons (Fsp3) is 0.320. The van der Waals surface area contributed by atoms with Gasteiger partial charge < -0.3 is 15.4 Å². The standard InChI is InChI=1S/C25H27N3O3/c1-15-21(24(30)28-20-7-5-6-12-26-20)22(16-8-10-17(31-4)11-9-16)23-18(27-15)13-25(2,3)14-19(23)29/h5-12,22,27H,13-14H2,1-4H3,(H,26,28,30). The zero-order valence-electron chi connectivity index (χ0n) is 18.3. The first-order valence-corrected chi connectivity index (χ1v) is 10.4. The summed E-state index contributed by atoms with van der Waals surface area (Å²) in [6.45, 7) is 6.09. The molecule has 1 unspecified atom stereocenters. The Balaban J connectivity index is 1.80. The lowest BCUT2D eigenvalue weighted by molar-refractivity contribution is -0.118. The van der Waals surface area contributed by atoms with Gasteiger partial charge in [0.25, 0.3) is 5.91 Å². The van der Waals surface area contributed by atoms with Gasteiger partial charge in [-0.3, -0.25) is 9.59 Å². The predicted molar refractivity (Wildman–Crippen MR) is 119 cm³/mol. The first kappa shape index (κ1) is 20.8. The molecule has 0 radical (unpaired) electrons. The van der Waals surface area contributed by atoms with Gasteiger partial charge in [-0.15, -0.1) is 0 Å². The molecule has 4 rings (SSSR count). The molecule has 0 bridgehead atoms. The van der Waals surface area contributed by atoms with Crippen LogP contribution in [-0.2, 0) is 9.59 Å². The van der Waals surface area contributed by atoms with Crippen molar-refractivity contribution in [2.75, 3.05) is 12.4 Å². The van der Waals surface area contributed by atoms with Crippen LogP contribution in [0.15, 0.2) is 71.2 Å². The molecule has 6 nitrogen and oxygen atoms in total. The SMILES string of the molecule is COc1ccc(C2C(C(=O)Nc3ccccn3)=C(C)NC3=C2C(=O)CC(C)(C)C3)cc1. The molecule has 0 spiro atoms. The lowest BCUT2D eigenvalue weighted by Gasteiger charge is -2.39. The van der Waals surface area contributed by atoms with Crippen molar-refractivity contribution < 1.29 is 14.3 Å². The minimum absolute atomic E-state index is 0.0789. The molecule has 1 amide bonds. The van der Waals surface area contributed by atoms with Crippen LogP contribution in [0.4, 0.5) is 5.82 Å². The van der Waals surface area contributed by atoms with E-state index < -0.39 is 5.92 Å². The molecule has 2 aliphatic rings. The highest BCUT2D eigenvalue weighted by molar-refractivity contribution is 6.09. The molecular formula is C25H27N3O3. The van der Waals surface area contributed by atoms with Crippen LogP contribution >= 0.6 is 0 Å². The highest BCUT2D eigenvalue weighted by Crippen LogP contribution is 2.46. The number of rotatable bonds is 4. The number of pyridine rings is 1. The van der Waals surface area contributed by atoms with Gasteiger partial charge in [-0.05, 0) is 48.6 Å². The number of nitrogens with zero attached hydrogens (tertiary/aromatic N) is 1. The molecule has 0 fully saturated rings. The van der Waals surface area contributed by atoms with Crippen molar-refractivity contribution in [1.29, 1.82) is 0 Å². The molecule has 6 heteroatoms. The van der Waals surface area contributed by atoms with E-state index in [9.17, 15) is 9.59 Å². The van der Waals surface area contributed by atoms with E-state index in [4.69, 9.17) is 4.74 Å². The summed E-state index contributed by atoms with van der Waals surface area (Å²) < 4.78 is 5.30. The molecule has 1 aliphatic heterocycles. The summed E-state index contributed by atoms with van der Waals surface area (Å²) in [6.07, 6.45) is 2.84. The molecule has 1 aromatic heterocycles. The minimum atomic E-state index is -0.450. The summed E-state index contributed by atoms with van der Waals surface area (Å²) in [5.74, 6) is 0.554. The normalized spacial score (nSPS) is 20.1. The average Bonchev–Trinajstić information content (AvgIpc) is 2.72. The number of hydrogen-bond acceptors (Lipinski definition) is 5. The molecule has 2 heterocycles. The van der Waals surface area contributed by atoms with E-state index in [2.05, 4.69) is 29.5 Å². The van der Waals surface area contributed by atoms with E-state index in [1.807, 2.05) is 37.3 Å². The molecule has 160 valence electrons. The van der Waals surface area contributed by atoms with Crippen molar-refractivity contribution >= 4 is 17.5 Å². The molecule has 0 saturated carbocycles. The van der Waals surface area contributed by atoms with Gasteiger partial charge in [0, 0.05) is 41.1 Å². The highest BCUT2D eigenvalue weighted by atomic mass is 16.5. The van der Waals surface area contributed by atoms with Crippen molar-refractivity contribution in [3.05, 3.63) is 76.8 Å². The number of anilines is 1. The van der Waals surface area contributed by atoms with Gasteiger partial charge in [-0.1, -0.05) is 32.0 Å². The summed E-state index contributed by atoms with van der Waals surface area (Å²) in [5, 5.41) is 6.26. The van der Waals surface area contributed by atoms with Gasteiger partial charge in [0.05, 0.1) is 7.11 Å². The topological polar surface area (TPSA) is 80.3 Å². The first-order chi connectivity index (χ1) is 14.8. The molecule has 31 heavy (non-hydrogen) atoms. The van der Waals surface area contributed by atoms with Gasteiger partial charge >= 0.3 is 0 Å².